The molecule has 0 bridgehead atoms. The number of aromatic nitrogens is 1. The fourth-order valence-corrected chi connectivity index (χ4v) is 1.56. The van der Waals surface area contributed by atoms with Gasteiger partial charge >= 0.3 is 0 Å². The topological polar surface area (TPSA) is 45.1 Å². The van der Waals surface area contributed by atoms with E-state index in [9.17, 15) is 5.11 Å². The third-order valence-electron chi connectivity index (χ3n) is 2.68. The van der Waals surface area contributed by atoms with Crippen LogP contribution in [0.15, 0.2) is 24.5 Å². The third-order valence-corrected chi connectivity index (χ3v) is 2.68. The van der Waals surface area contributed by atoms with E-state index >= 15 is 0 Å². The average molecular weight is 208 g/mol. The van der Waals surface area contributed by atoms with Crippen molar-refractivity contribution in [2.24, 2.45) is 0 Å². The fraction of sp³-hybridized carbons (Fsp3) is 0.583. The lowest BCUT2D eigenvalue weighted by atomic mass is 10.1. The zero-order valence-electron chi connectivity index (χ0n) is 9.48. The van der Waals surface area contributed by atoms with Crippen LogP contribution in [0.4, 0.5) is 0 Å². The minimum Gasteiger partial charge on any atom is -0.387 e. The maximum absolute atomic E-state index is 9.87. The highest BCUT2D eigenvalue weighted by Crippen LogP contribution is 2.10. The van der Waals surface area contributed by atoms with Gasteiger partial charge < -0.3 is 10.4 Å². The van der Waals surface area contributed by atoms with Gasteiger partial charge in [0, 0.05) is 25.0 Å². The molecule has 0 saturated heterocycles. The average Bonchev–Trinajstić information content (AvgIpc) is 2.31. The van der Waals surface area contributed by atoms with Gasteiger partial charge in [-0.15, -0.1) is 0 Å². The van der Waals surface area contributed by atoms with E-state index in [0.29, 0.717) is 12.6 Å². The van der Waals surface area contributed by atoms with E-state index in [0.717, 1.165) is 18.4 Å². The van der Waals surface area contributed by atoms with Crippen molar-refractivity contribution in [3.05, 3.63) is 30.1 Å². The van der Waals surface area contributed by atoms with Gasteiger partial charge in [0.2, 0.25) is 0 Å². The molecule has 0 aromatic carbocycles. The Morgan fingerprint density at radius 3 is 2.40 bits per heavy atom. The number of hydrogen-bond acceptors (Lipinski definition) is 3. The van der Waals surface area contributed by atoms with Crippen LogP contribution in [0.1, 0.15) is 38.4 Å². The van der Waals surface area contributed by atoms with Gasteiger partial charge in [-0.05, 0) is 30.5 Å². The summed E-state index contributed by atoms with van der Waals surface area (Å²) in [6.45, 7) is 4.91. The maximum Gasteiger partial charge on any atom is 0.0915 e. The molecule has 0 radical (unpaired) electrons. The predicted octanol–water partition coefficient (Wildman–Crippen LogP) is 1.89. The highest BCUT2D eigenvalue weighted by Gasteiger charge is 2.09. The van der Waals surface area contributed by atoms with Gasteiger partial charge in [0.15, 0.2) is 0 Å². The lowest BCUT2D eigenvalue weighted by molar-refractivity contribution is 0.168. The number of nitrogens with zero attached hydrogens (tertiary/aromatic N) is 1. The number of rotatable bonds is 6. The van der Waals surface area contributed by atoms with Crippen LogP contribution in [-0.2, 0) is 0 Å². The summed E-state index contributed by atoms with van der Waals surface area (Å²) in [6, 6.07) is 4.19. The molecule has 1 aromatic rings. The monoisotopic (exact) mass is 208 g/mol. The first-order chi connectivity index (χ1) is 7.27. The van der Waals surface area contributed by atoms with Crippen LogP contribution in [0.3, 0.4) is 0 Å². The number of aliphatic hydroxyl groups is 1. The van der Waals surface area contributed by atoms with Crippen LogP contribution in [0.25, 0.3) is 0 Å². The maximum atomic E-state index is 9.87. The molecule has 0 saturated carbocycles. The van der Waals surface area contributed by atoms with Gasteiger partial charge in [-0.1, -0.05) is 13.8 Å². The Balaban J connectivity index is 2.39. The molecule has 15 heavy (non-hydrogen) atoms. The second-order valence-corrected chi connectivity index (χ2v) is 3.72. The molecule has 0 spiro atoms. The number of nitrogens with one attached hydrogen (secondary N) is 1. The second-order valence-electron chi connectivity index (χ2n) is 3.72. The van der Waals surface area contributed by atoms with Crippen molar-refractivity contribution in [1.82, 2.24) is 10.3 Å². The molecule has 3 nitrogen and oxygen atoms in total. The normalized spacial score (nSPS) is 13.1. The Kier molecular flexibility index (Phi) is 5.29. The molecular weight excluding hydrogens is 188 g/mol. The summed E-state index contributed by atoms with van der Waals surface area (Å²) < 4.78 is 0. The van der Waals surface area contributed by atoms with E-state index in [1.807, 2.05) is 12.1 Å². The van der Waals surface area contributed by atoms with Gasteiger partial charge in [0.1, 0.15) is 0 Å². The van der Waals surface area contributed by atoms with Gasteiger partial charge in [-0.3, -0.25) is 4.98 Å². The molecule has 0 fully saturated rings. The minimum absolute atomic E-state index is 0.436. The first kappa shape index (κ1) is 12.1. The van der Waals surface area contributed by atoms with Crippen molar-refractivity contribution in [3.8, 4) is 0 Å². The molecule has 3 heteroatoms. The van der Waals surface area contributed by atoms with Crippen LogP contribution in [0.2, 0.25) is 0 Å². The summed E-state index contributed by atoms with van der Waals surface area (Å²) in [5, 5.41) is 13.2. The van der Waals surface area contributed by atoms with Crippen LogP contribution in [-0.4, -0.2) is 22.7 Å². The molecule has 0 aliphatic heterocycles. The van der Waals surface area contributed by atoms with E-state index in [2.05, 4.69) is 24.1 Å². The van der Waals surface area contributed by atoms with E-state index in [1.54, 1.807) is 12.4 Å². The van der Waals surface area contributed by atoms with Crippen molar-refractivity contribution < 1.29 is 5.11 Å². The van der Waals surface area contributed by atoms with Crippen molar-refractivity contribution in [2.45, 2.75) is 38.8 Å². The number of hydrogen-bond donors (Lipinski definition) is 2. The largest absolute Gasteiger partial charge is 0.387 e. The van der Waals surface area contributed by atoms with E-state index < -0.39 is 6.10 Å². The molecular formula is C12H20N2O. The summed E-state index contributed by atoms with van der Waals surface area (Å²) in [4.78, 5) is 3.92. The Morgan fingerprint density at radius 2 is 1.87 bits per heavy atom. The SMILES string of the molecule is CCC(CC)NCC(O)c1ccncc1. The van der Waals surface area contributed by atoms with Crippen molar-refractivity contribution in [3.63, 3.8) is 0 Å². The number of pyridine rings is 1. The summed E-state index contributed by atoms with van der Waals surface area (Å²) in [5.74, 6) is 0. The van der Waals surface area contributed by atoms with E-state index in [-0.39, 0.29) is 0 Å². The molecule has 0 amide bonds. The highest BCUT2D eigenvalue weighted by molar-refractivity contribution is 5.13. The number of aliphatic hydroxyl groups excluding tert-OH is 1. The van der Waals surface area contributed by atoms with Crippen LogP contribution < -0.4 is 5.32 Å². The molecule has 2 N–H and O–H groups in total. The summed E-state index contributed by atoms with van der Waals surface area (Å²) >= 11 is 0. The lowest BCUT2D eigenvalue weighted by Gasteiger charge is -2.18. The molecule has 0 aliphatic rings. The first-order valence-corrected chi connectivity index (χ1v) is 5.59. The first-order valence-electron chi connectivity index (χ1n) is 5.59. The highest BCUT2D eigenvalue weighted by atomic mass is 16.3. The van der Waals surface area contributed by atoms with Crippen LogP contribution >= 0.6 is 0 Å². The van der Waals surface area contributed by atoms with Gasteiger partial charge in [-0.25, -0.2) is 0 Å². The van der Waals surface area contributed by atoms with Crippen molar-refractivity contribution in [2.75, 3.05) is 6.54 Å². The molecule has 84 valence electrons. The summed E-state index contributed by atoms with van der Waals surface area (Å²) in [6.07, 6.45) is 5.17. The summed E-state index contributed by atoms with van der Waals surface area (Å²) in [5.41, 5.74) is 0.920. The zero-order valence-corrected chi connectivity index (χ0v) is 9.48. The van der Waals surface area contributed by atoms with E-state index in [1.165, 1.54) is 0 Å². The molecule has 1 heterocycles. The molecule has 1 unspecified atom stereocenters. The Bertz CT molecular complexity index is 260. The molecule has 1 rings (SSSR count). The van der Waals surface area contributed by atoms with Gasteiger partial charge in [0.05, 0.1) is 6.10 Å². The summed E-state index contributed by atoms with van der Waals surface area (Å²) in [7, 11) is 0. The fourth-order valence-electron chi connectivity index (χ4n) is 1.56. The van der Waals surface area contributed by atoms with Crippen LogP contribution in [0, 0.1) is 0 Å². The molecule has 0 aliphatic carbocycles. The van der Waals surface area contributed by atoms with Gasteiger partial charge in [-0.2, -0.15) is 0 Å². The van der Waals surface area contributed by atoms with Crippen molar-refractivity contribution >= 4 is 0 Å². The second kappa shape index (κ2) is 6.53. The third kappa shape index (κ3) is 3.98. The lowest BCUT2D eigenvalue weighted by Crippen LogP contribution is -2.31. The predicted molar refractivity (Wildman–Crippen MR) is 61.6 cm³/mol. The Morgan fingerprint density at radius 1 is 1.27 bits per heavy atom. The minimum atomic E-state index is -0.436. The smallest absolute Gasteiger partial charge is 0.0915 e. The van der Waals surface area contributed by atoms with E-state index in [4.69, 9.17) is 0 Å². The standard InChI is InChI=1S/C12H20N2O/c1-3-11(4-2)14-9-12(15)10-5-7-13-8-6-10/h5-8,11-12,14-15H,3-4,9H2,1-2H3. The Hall–Kier alpha value is -0.930. The quantitative estimate of drug-likeness (QED) is 0.750. The molecule has 1 aromatic heterocycles. The van der Waals surface area contributed by atoms with Crippen LogP contribution in [0.5, 0.6) is 0 Å². The van der Waals surface area contributed by atoms with Crippen molar-refractivity contribution in [1.29, 1.82) is 0 Å². The molecule has 1 atom stereocenters. The Labute approximate surface area is 91.5 Å². The zero-order chi connectivity index (χ0) is 11.1. The van der Waals surface area contributed by atoms with Gasteiger partial charge in [0.25, 0.3) is 0 Å².